The third kappa shape index (κ3) is 3.43. The Morgan fingerprint density at radius 2 is 1.96 bits per heavy atom. The topological polar surface area (TPSA) is 72.3 Å². The maximum atomic E-state index is 11.3. The van der Waals surface area contributed by atoms with Gasteiger partial charge in [0.2, 0.25) is 0 Å². The van der Waals surface area contributed by atoms with Gasteiger partial charge in [0.15, 0.2) is 8.32 Å². The molecule has 0 bridgehead atoms. The number of pyridine rings is 1. The maximum Gasteiger partial charge on any atom is 0.264 e. The molecule has 0 amide bonds. The van der Waals surface area contributed by atoms with Crippen molar-refractivity contribution in [3.8, 4) is 11.3 Å². The van der Waals surface area contributed by atoms with Gasteiger partial charge in [-0.2, -0.15) is 10.2 Å². The van der Waals surface area contributed by atoms with Crippen molar-refractivity contribution in [3.63, 3.8) is 0 Å². The first-order valence-electron chi connectivity index (χ1n) is 8.35. The molecule has 3 rings (SSSR count). The predicted molar refractivity (Wildman–Crippen MR) is 101 cm³/mol. The van der Waals surface area contributed by atoms with E-state index in [1.807, 2.05) is 28.9 Å². The molecule has 6 nitrogen and oxygen atoms in total. The largest absolute Gasteiger partial charge is 0.411 e. The highest BCUT2D eigenvalue weighted by Gasteiger charge is 2.37. The Morgan fingerprint density at radius 3 is 2.60 bits per heavy atom. The van der Waals surface area contributed by atoms with Crippen molar-refractivity contribution in [1.82, 2.24) is 19.8 Å². The van der Waals surface area contributed by atoms with E-state index in [0.717, 1.165) is 16.8 Å². The second-order valence-electron chi connectivity index (χ2n) is 7.71. The van der Waals surface area contributed by atoms with Gasteiger partial charge in [-0.05, 0) is 36.3 Å². The molecule has 0 fully saturated rings. The van der Waals surface area contributed by atoms with Crippen LogP contribution in [0.5, 0.6) is 0 Å². The summed E-state index contributed by atoms with van der Waals surface area (Å²) in [7, 11) is -1.90. The Bertz CT molecular complexity index is 933. The predicted octanol–water partition coefficient (Wildman–Crippen LogP) is 3.61. The van der Waals surface area contributed by atoms with Gasteiger partial charge in [-0.25, -0.2) is 9.61 Å². The zero-order valence-electron chi connectivity index (χ0n) is 15.3. The molecule has 3 aromatic rings. The normalized spacial score (nSPS) is 12.7. The monoisotopic (exact) mass is 356 g/mol. The van der Waals surface area contributed by atoms with E-state index in [2.05, 4.69) is 49.2 Å². The van der Waals surface area contributed by atoms with E-state index in [1.54, 1.807) is 6.07 Å². The van der Waals surface area contributed by atoms with Gasteiger partial charge in [0.1, 0.15) is 0 Å². The molecule has 0 unspecified atom stereocenters. The van der Waals surface area contributed by atoms with Crippen LogP contribution in [0.25, 0.3) is 16.8 Å². The number of rotatable bonds is 4. The van der Waals surface area contributed by atoms with Crippen LogP contribution in [-0.4, -0.2) is 28.1 Å². The molecule has 1 N–H and O–H groups in total. The molecule has 0 radical (unpaired) electrons. The molecule has 0 aliphatic heterocycles. The number of nitrogens with one attached hydrogen (secondary N) is 1. The lowest BCUT2D eigenvalue weighted by molar-refractivity contribution is 0.272. The highest BCUT2D eigenvalue weighted by atomic mass is 28.4. The van der Waals surface area contributed by atoms with Gasteiger partial charge in [0.25, 0.3) is 5.56 Å². The van der Waals surface area contributed by atoms with Gasteiger partial charge in [-0.3, -0.25) is 4.79 Å². The van der Waals surface area contributed by atoms with E-state index >= 15 is 0 Å². The van der Waals surface area contributed by atoms with E-state index < -0.39 is 8.32 Å². The van der Waals surface area contributed by atoms with Crippen LogP contribution in [0.15, 0.2) is 41.3 Å². The molecule has 132 valence electrons. The molecular weight excluding hydrogens is 332 g/mol. The summed E-state index contributed by atoms with van der Waals surface area (Å²) < 4.78 is 8.18. The molecule has 3 aromatic heterocycles. The van der Waals surface area contributed by atoms with E-state index in [1.165, 1.54) is 6.07 Å². The lowest BCUT2D eigenvalue weighted by Crippen LogP contribution is -2.40. The van der Waals surface area contributed by atoms with Gasteiger partial charge >= 0.3 is 0 Å². The van der Waals surface area contributed by atoms with E-state index in [4.69, 9.17) is 4.43 Å². The number of hydrogen-bond acceptors (Lipinski definition) is 4. The van der Waals surface area contributed by atoms with Crippen molar-refractivity contribution < 1.29 is 4.43 Å². The highest BCUT2D eigenvalue weighted by Crippen LogP contribution is 2.37. The number of fused-ring (bicyclic) bond motifs is 1. The molecule has 0 aliphatic rings. The summed E-state index contributed by atoms with van der Waals surface area (Å²) in [5.74, 6) is 0. The lowest BCUT2D eigenvalue weighted by Gasteiger charge is -2.36. The molecular formula is C18H24N4O2Si. The van der Waals surface area contributed by atoms with Gasteiger partial charge in [0.05, 0.1) is 29.1 Å². The zero-order valence-corrected chi connectivity index (χ0v) is 16.3. The van der Waals surface area contributed by atoms with Crippen molar-refractivity contribution in [2.24, 2.45) is 0 Å². The standard InChI is InChI=1S/C18H24N4O2Si/c1-18(2,3)25(4,5)24-12-14-17(13-9-10-16(23)20-19-13)15-8-6-7-11-22(15)21-14/h6-11H,12H2,1-5H3,(H,20,23). The molecule has 0 aromatic carbocycles. The molecule has 3 heterocycles. The maximum absolute atomic E-state index is 11.3. The first kappa shape index (κ1) is 17.6. The van der Waals surface area contributed by atoms with Crippen molar-refractivity contribution in [2.45, 2.75) is 45.5 Å². The third-order valence-corrected chi connectivity index (χ3v) is 9.40. The van der Waals surface area contributed by atoms with Gasteiger partial charge in [0, 0.05) is 12.3 Å². The number of aromatic amines is 1. The van der Waals surface area contributed by atoms with Crippen LogP contribution in [0, 0.1) is 0 Å². The SMILES string of the molecule is CC(C)(C)[Si](C)(C)OCc1nn2ccccc2c1-c1ccc(=O)[nH]n1. The summed E-state index contributed by atoms with van der Waals surface area (Å²) in [6.07, 6.45) is 1.90. The van der Waals surface area contributed by atoms with Crippen LogP contribution in [0.4, 0.5) is 0 Å². The average molecular weight is 357 g/mol. The Morgan fingerprint density at radius 1 is 1.20 bits per heavy atom. The summed E-state index contributed by atoms with van der Waals surface area (Å²) in [5.41, 5.74) is 3.14. The summed E-state index contributed by atoms with van der Waals surface area (Å²) in [6, 6.07) is 9.09. The van der Waals surface area contributed by atoms with Gasteiger partial charge in [-0.15, -0.1) is 0 Å². The fourth-order valence-corrected chi connectivity index (χ4v) is 3.31. The van der Waals surface area contributed by atoms with Crippen LogP contribution < -0.4 is 5.56 Å². The van der Waals surface area contributed by atoms with Crippen molar-refractivity contribution >= 4 is 13.8 Å². The second-order valence-corrected chi connectivity index (χ2v) is 12.5. The minimum atomic E-state index is -1.90. The Balaban J connectivity index is 2.05. The molecule has 0 atom stereocenters. The number of aromatic nitrogens is 4. The fraction of sp³-hybridized carbons (Fsp3) is 0.389. The second kappa shape index (κ2) is 6.23. The van der Waals surface area contributed by atoms with Crippen LogP contribution >= 0.6 is 0 Å². The van der Waals surface area contributed by atoms with E-state index in [-0.39, 0.29) is 10.6 Å². The summed E-state index contributed by atoms with van der Waals surface area (Å²) in [5, 5.41) is 11.5. The lowest BCUT2D eigenvalue weighted by atomic mass is 10.1. The number of nitrogens with zero attached hydrogens (tertiary/aromatic N) is 3. The number of hydrogen-bond donors (Lipinski definition) is 1. The number of H-pyrrole nitrogens is 1. The first-order valence-corrected chi connectivity index (χ1v) is 11.3. The summed E-state index contributed by atoms with van der Waals surface area (Å²) in [6.45, 7) is 11.5. The molecule has 0 aliphatic carbocycles. The summed E-state index contributed by atoms with van der Waals surface area (Å²) >= 11 is 0. The zero-order chi connectivity index (χ0) is 18.2. The Kier molecular flexibility index (Phi) is 4.38. The van der Waals surface area contributed by atoms with Gasteiger partial charge < -0.3 is 4.43 Å². The molecule has 0 saturated carbocycles. The molecule has 25 heavy (non-hydrogen) atoms. The first-order chi connectivity index (χ1) is 11.7. The average Bonchev–Trinajstić information content (AvgIpc) is 2.91. The van der Waals surface area contributed by atoms with E-state index in [0.29, 0.717) is 12.3 Å². The van der Waals surface area contributed by atoms with E-state index in [9.17, 15) is 4.79 Å². The third-order valence-electron chi connectivity index (χ3n) is 4.92. The molecule has 0 spiro atoms. The minimum absolute atomic E-state index is 0.128. The van der Waals surface area contributed by atoms with Crippen LogP contribution in [0.3, 0.4) is 0 Å². The van der Waals surface area contributed by atoms with Crippen LogP contribution in [0.1, 0.15) is 26.5 Å². The van der Waals surface area contributed by atoms with Crippen molar-refractivity contribution in [1.29, 1.82) is 0 Å². The van der Waals surface area contributed by atoms with Crippen LogP contribution in [-0.2, 0) is 11.0 Å². The molecule has 0 saturated heterocycles. The quantitative estimate of drug-likeness (QED) is 0.725. The highest BCUT2D eigenvalue weighted by molar-refractivity contribution is 6.74. The minimum Gasteiger partial charge on any atom is -0.411 e. The Labute approximate surface area is 148 Å². The molecule has 7 heteroatoms. The smallest absolute Gasteiger partial charge is 0.264 e. The van der Waals surface area contributed by atoms with Crippen molar-refractivity contribution in [3.05, 3.63) is 52.6 Å². The van der Waals surface area contributed by atoms with Crippen LogP contribution in [0.2, 0.25) is 18.1 Å². The van der Waals surface area contributed by atoms with Gasteiger partial charge in [-0.1, -0.05) is 26.8 Å². The Hall–Kier alpha value is -2.25. The van der Waals surface area contributed by atoms with Crippen molar-refractivity contribution in [2.75, 3.05) is 0 Å². The summed E-state index contributed by atoms with van der Waals surface area (Å²) in [4.78, 5) is 11.3. The fourth-order valence-electron chi connectivity index (χ4n) is 2.38.